The van der Waals surface area contributed by atoms with Gasteiger partial charge in [0.2, 0.25) is 0 Å². The topological polar surface area (TPSA) is 47.3 Å². The van der Waals surface area contributed by atoms with E-state index in [1.165, 1.54) is 0 Å². The van der Waals surface area contributed by atoms with Crippen molar-refractivity contribution in [2.45, 2.75) is 32.2 Å². The molecule has 0 rings (SSSR count). The molecule has 0 saturated heterocycles. The van der Waals surface area contributed by atoms with Gasteiger partial charge in [-0.3, -0.25) is 0 Å². The van der Waals surface area contributed by atoms with Gasteiger partial charge in [0.15, 0.2) is 0 Å². The Bertz CT molecular complexity index is 109. The van der Waals surface area contributed by atoms with Gasteiger partial charge in [0.1, 0.15) is 0 Å². The van der Waals surface area contributed by atoms with E-state index in [1.807, 2.05) is 0 Å². The zero-order valence-electron chi connectivity index (χ0n) is 8.52. The Hall–Kier alpha value is -0.120. The van der Waals surface area contributed by atoms with Gasteiger partial charge in [-0.15, -0.1) is 0 Å². The molecular weight excluding hydrogens is 152 g/mol. The molecule has 0 aromatic carbocycles. The van der Waals surface area contributed by atoms with Gasteiger partial charge < -0.3 is 15.8 Å². The van der Waals surface area contributed by atoms with Crippen LogP contribution in [0, 0.1) is 0 Å². The molecule has 1 unspecified atom stereocenters. The first-order valence-corrected chi connectivity index (χ1v) is 4.62. The van der Waals surface area contributed by atoms with Crippen LogP contribution in [0.15, 0.2) is 0 Å². The molecule has 0 heterocycles. The molecule has 12 heavy (non-hydrogen) atoms. The summed E-state index contributed by atoms with van der Waals surface area (Å²) < 4.78 is 4.96. The summed E-state index contributed by atoms with van der Waals surface area (Å²) in [6, 6.07) is 0. The van der Waals surface area contributed by atoms with E-state index in [9.17, 15) is 0 Å². The van der Waals surface area contributed by atoms with Gasteiger partial charge in [0, 0.05) is 25.7 Å². The van der Waals surface area contributed by atoms with Crippen LogP contribution in [0.4, 0.5) is 0 Å². The highest BCUT2D eigenvalue weighted by Crippen LogP contribution is 2.09. The number of methoxy groups -OCH3 is 1. The summed E-state index contributed by atoms with van der Waals surface area (Å²) in [7, 11) is 1.71. The summed E-state index contributed by atoms with van der Waals surface area (Å²) in [6.45, 7) is 6.64. The highest BCUT2D eigenvalue weighted by Gasteiger charge is 2.19. The summed E-state index contributed by atoms with van der Waals surface area (Å²) in [5.74, 6) is 0. The molecular formula is C9H22N2O. The van der Waals surface area contributed by atoms with Crippen molar-refractivity contribution in [2.75, 3.05) is 26.8 Å². The van der Waals surface area contributed by atoms with E-state index >= 15 is 0 Å². The van der Waals surface area contributed by atoms with E-state index < -0.39 is 0 Å². The predicted octanol–water partition coefficient (Wildman–Crippen LogP) is 0.740. The molecule has 3 heteroatoms. The molecule has 3 nitrogen and oxygen atoms in total. The molecule has 3 N–H and O–H groups in total. The SMILES string of the molecule is CCCC(C)(CN)NCCOC. The van der Waals surface area contributed by atoms with Crippen molar-refractivity contribution >= 4 is 0 Å². The number of ether oxygens (including phenoxy) is 1. The maximum absolute atomic E-state index is 5.67. The zero-order chi connectivity index (χ0) is 9.45. The molecule has 0 aliphatic heterocycles. The molecule has 0 aliphatic rings. The molecule has 0 saturated carbocycles. The first-order chi connectivity index (χ1) is 5.68. The minimum atomic E-state index is 0.0906. The monoisotopic (exact) mass is 174 g/mol. The first kappa shape index (κ1) is 11.9. The largest absolute Gasteiger partial charge is 0.383 e. The Morgan fingerprint density at radius 3 is 2.58 bits per heavy atom. The third-order valence-corrected chi connectivity index (χ3v) is 2.11. The third-order valence-electron chi connectivity index (χ3n) is 2.11. The van der Waals surface area contributed by atoms with Crippen LogP contribution >= 0.6 is 0 Å². The maximum Gasteiger partial charge on any atom is 0.0587 e. The van der Waals surface area contributed by atoms with Gasteiger partial charge in [-0.1, -0.05) is 13.3 Å². The minimum absolute atomic E-state index is 0.0906. The Morgan fingerprint density at radius 2 is 2.17 bits per heavy atom. The van der Waals surface area contributed by atoms with E-state index in [2.05, 4.69) is 19.2 Å². The molecule has 1 atom stereocenters. The number of hydrogen-bond donors (Lipinski definition) is 2. The average Bonchev–Trinajstić information content (AvgIpc) is 2.06. The van der Waals surface area contributed by atoms with Crippen molar-refractivity contribution < 1.29 is 4.74 Å². The van der Waals surface area contributed by atoms with Crippen LogP contribution in [-0.4, -0.2) is 32.3 Å². The lowest BCUT2D eigenvalue weighted by Crippen LogP contribution is -2.49. The van der Waals surface area contributed by atoms with Crippen molar-refractivity contribution in [3.8, 4) is 0 Å². The second kappa shape index (κ2) is 6.40. The average molecular weight is 174 g/mol. The lowest BCUT2D eigenvalue weighted by molar-refractivity contribution is 0.185. The van der Waals surface area contributed by atoms with Gasteiger partial charge in [-0.2, -0.15) is 0 Å². The van der Waals surface area contributed by atoms with Crippen molar-refractivity contribution in [1.82, 2.24) is 5.32 Å². The number of hydrogen-bond acceptors (Lipinski definition) is 3. The Kier molecular flexibility index (Phi) is 6.34. The molecule has 0 aliphatic carbocycles. The van der Waals surface area contributed by atoms with Crippen molar-refractivity contribution in [3.05, 3.63) is 0 Å². The van der Waals surface area contributed by atoms with Gasteiger partial charge in [0.05, 0.1) is 6.61 Å². The van der Waals surface area contributed by atoms with Crippen LogP contribution in [0.2, 0.25) is 0 Å². The second-order valence-electron chi connectivity index (χ2n) is 3.43. The summed E-state index contributed by atoms with van der Waals surface area (Å²) in [5, 5.41) is 3.40. The van der Waals surface area contributed by atoms with Crippen LogP contribution < -0.4 is 11.1 Å². The van der Waals surface area contributed by atoms with Crippen LogP contribution in [0.25, 0.3) is 0 Å². The van der Waals surface area contributed by atoms with Crippen molar-refractivity contribution in [3.63, 3.8) is 0 Å². The Morgan fingerprint density at radius 1 is 1.50 bits per heavy atom. The molecule has 0 aromatic heterocycles. The quantitative estimate of drug-likeness (QED) is 0.560. The summed E-state index contributed by atoms with van der Waals surface area (Å²) in [4.78, 5) is 0. The van der Waals surface area contributed by atoms with Gasteiger partial charge in [0.25, 0.3) is 0 Å². The number of rotatable bonds is 7. The number of nitrogens with one attached hydrogen (secondary N) is 1. The van der Waals surface area contributed by atoms with Gasteiger partial charge in [-0.25, -0.2) is 0 Å². The summed E-state index contributed by atoms with van der Waals surface area (Å²) in [6.07, 6.45) is 2.28. The normalized spacial score (nSPS) is 16.0. The fourth-order valence-corrected chi connectivity index (χ4v) is 1.27. The van der Waals surface area contributed by atoms with Crippen LogP contribution in [-0.2, 0) is 4.74 Å². The number of nitrogens with two attached hydrogens (primary N) is 1. The van der Waals surface area contributed by atoms with Crippen LogP contribution in [0.3, 0.4) is 0 Å². The van der Waals surface area contributed by atoms with E-state index in [4.69, 9.17) is 10.5 Å². The highest BCUT2D eigenvalue weighted by atomic mass is 16.5. The van der Waals surface area contributed by atoms with E-state index in [1.54, 1.807) is 7.11 Å². The molecule has 0 fully saturated rings. The first-order valence-electron chi connectivity index (χ1n) is 4.62. The predicted molar refractivity (Wildman–Crippen MR) is 52.2 cm³/mol. The standard InChI is InChI=1S/C9H22N2O/c1-4-5-9(2,8-10)11-6-7-12-3/h11H,4-8,10H2,1-3H3. The van der Waals surface area contributed by atoms with Crippen molar-refractivity contribution in [2.24, 2.45) is 5.73 Å². The van der Waals surface area contributed by atoms with Gasteiger partial charge in [-0.05, 0) is 13.3 Å². The fraction of sp³-hybridized carbons (Fsp3) is 1.00. The molecule has 0 radical (unpaired) electrons. The van der Waals surface area contributed by atoms with Crippen LogP contribution in [0.5, 0.6) is 0 Å². The van der Waals surface area contributed by atoms with E-state index in [0.717, 1.165) is 26.0 Å². The molecule has 0 bridgehead atoms. The van der Waals surface area contributed by atoms with E-state index in [0.29, 0.717) is 6.54 Å². The lowest BCUT2D eigenvalue weighted by Gasteiger charge is -2.29. The summed E-state index contributed by atoms with van der Waals surface area (Å²) >= 11 is 0. The summed E-state index contributed by atoms with van der Waals surface area (Å²) in [5.41, 5.74) is 5.76. The van der Waals surface area contributed by atoms with Crippen LogP contribution in [0.1, 0.15) is 26.7 Å². The molecule has 0 spiro atoms. The van der Waals surface area contributed by atoms with Crippen molar-refractivity contribution in [1.29, 1.82) is 0 Å². The lowest BCUT2D eigenvalue weighted by atomic mass is 9.96. The highest BCUT2D eigenvalue weighted by molar-refractivity contribution is 4.83. The van der Waals surface area contributed by atoms with Gasteiger partial charge >= 0.3 is 0 Å². The third kappa shape index (κ3) is 4.70. The second-order valence-corrected chi connectivity index (χ2v) is 3.43. The molecule has 0 amide bonds. The smallest absolute Gasteiger partial charge is 0.0587 e. The molecule has 74 valence electrons. The molecule has 0 aromatic rings. The fourth-order valence-electron chi connectivity index (χ4n) is 1.27. The Labute approximate surface area is 75.7 Å². The minimum Gasteiger partial charge on any atom is -0.383 e. The maximum atomic E-state index is 5.67. The zero-order valence-corrected chi connectivity index (χ0v) is 8.52. The Balaban J connectivity index is 3.63. The van der Waals surface area contributed by atoms with E-state index in [-0.39, 0.29) is 5.54 Å².